The number of rotatable bonds is 5. The molecule has 5 rings (SSSR count). The predicted molar refractivity (Wildman–Crippen MR) is 151 cm³/mol. The number of carbonyl (C=O) groups is 1. The number of thiazole rings is 1. The summed E-state index contributed by atoms with van der Waals surface area (Å²) in [5, 5.41) is 10.6. The molecule has 1 aromatic heterocycles. The van der Waals surface area contributed by atoms with Crippen LogP contribution in [0.4, 0.5) is 0 Å². The third kappa shape index (κ3) is 4.86. The number of fused-ring (bicyclic) bond motifs is 1. The number of hydrogen-bond donors (Lipinski definition) is 1. The number of aromatic hydroxyl groups is 1. The van der Waals surface area contributed by atoms with Gasteiger partial charge in [0, 0.05) is 15.6 Å². The van der Waals surface area contributed by atoms with Gasteiger partial charge in [-0.15, -0.1) is 0 Å². The van der Waals surface area contributed by atoms with Crippen molar-refractivity contribution in [3.63, 3.8) is 0 Å². The molecule has 0 fully saturated rings. The van der Waals surface area contributed by atoms with Crippen molar-refractivity contribution in [2.24, 2.45) is 4.99 Å². The van der Waals surface area contributed by atoms with Crippen LogP contribution in [0.1, 0.15) is 29.7 Å². The monoisotopic (exact) mass is 638 g/mol. The highest BCUT2D eigenvalue weighted by atomic mass is 79.9. The molecule has 0 saturated carbocycles. The summed E-state index contributed by atoms with van der Waals surface area (Å²) in [6.45, 7) is 1.93. The van der Waals surface area contributed by atoms with Crippen LogP contribution in [-0.4, -0.2) is 22.2 Å². The molecule has 0 aliphatic carbocycles. The van der Waals surface area contributed by atoms with Crippen LogP contribution in [0.3, 0.4) is 0 Å². The van der Waals surface area contributed by atoms with Gasteiger partial charge in [0.05, 0.1) is 32.9 Å². The van der Waals surface area contributed by atoms with Crippen molar-refractivity contribution in [1.82, 2.24) is 4.57 Å². The van der Waals surface area contributed by atoms with Crippen LogP contribution in [0.25, 0.3) is 11.8 Å². The van der Waals surface area contributed by atoms with Gasteiger partial charge in [-0.1, -0.05) is 87.9 Å². The van der Waals surface area contributed by atoms with E-state index in [-0.39, 0.29) is 17.9 Å². The smallest absolute Gasteiger partial charge is 0.338 e. The first-order valence-electron chi connectivity index (χ1n) is 11.4. The quantitative estimate of drug-likeness (QED) is 0.306. The van der Waals surface area contributed by atoms with Crippen LogP contribution in [0.5, 0.6) is 5.75 Å². The first kappa shape index (κ1) is 25.4. The van der Waals surface area contributed by atoms with Gasteiger partial charge in [-0.2, -0.15) is 0 Å². The van der Waals surface area contributed by atoms with Crippen LogP contribution in [0.15, 0.2) is 97.1 Å². The van der Waals surface area contributed by atoms with Gasteiger partial charge in [0.25, 0.3) is 5.56 Å². The Morgan fingerprint density at radius 2 is 1.78 bits per heavy atom. The molecule has 1 aliphatic rings. The number of hydrogen-bond acceptors (Lipinski definition) is 6. The van der Waals surface area contributed by atoms with Gasteiger partial charge >= 0.3 is 5.97 Å². The third-order valence-corrected chi connectivity index (χ3v) is 7.88. The molecule has 1 aliphatic heterocycles. The minimum absolute atomic E-state index is 0.0193. The molecule has 0 saturated heterocycles. The average Bonchev–Trinajstić information content (AvgIpc) is 3.21. The first-order chi connectivity index (χ1) is 17.9. The summed E-state index contributed by atoms with van der Waals surface area (Å²) >= 11 is 7.97. The van der Waals surface area contributed by atoms with E-state index in [1.54, 1.807) is 25.1 Å². The van der Waals surface area contributed by atoms with Gasteiger partial charge < -0.3 is 9.84 Å². The summed E-state index contributed by atoms with van der Waals surface area (Å²) in [6, 6.07) is 21.5. The minimum atomic E-state index is -0.739. The molecule has 3 aromatic carbocycles. The lowest BCUT2D eigenvalue weighted by Crippen LogP contribution is -2.40. The van der Waals surface area contributed by atoms with E-state index in [4.69, 9.17) is 9.73 Å². The van der Waals surface area contributed by atoms with Crippen molar-refractivity contribution in [3.05, 3.63) is 124 Å². The van der Waals surface area contributed by atoms with Crippen molar-refractivity contribution in [3.8, 4) is 5.75 Å². The number of phenolic OH excluding ortho intramolecular Hbond substituents is 1. The van der Waals surface area contributed by atoms with E-state index in [2.05, 4.69) is 31.9 Å². The Hall–Kier alpha value is -3.27. The van der Waals surface area contributed by atoms with Crippen LogP contribution < -0.4 is 14.9 Å². The van der Waals surface area contributed by atoms with Gasteiger partial charge in [0.15, 0.2) is 4.80 Å². The summed E-state index contributed by atoms with van der Waals surface area (Å²) in [5.74, 6) is -0.507. The molecule has 0 radical (unpaired) electrons. The van der Waals surface area contributed by atoms with E-state index < -0.39 is 12.0 Å². The standard InChI is InChI=1S/C28H20Br2N2O4S/c1-2-36-27(35)22-23(16-9-5-3-6-10-16)31-28-32(24(22)17-11-7-4-8-12-17)26(34)21(37-28)14-18-13-19(29)15-20(30)25(18)33/h3-15,24,33H,2H2,1H3/b21-14-/t24-/m0/s1. The number of aromatic nitrogens is 1. The van der Waals surface area contributed by atoms with Crippen LogP contribution in [0, 0.1) is 0 Å². The van der Waals surface area contributed by atoms with Crippen molar-refractivity contribution in [2.45, 2.75) is 13.0 Å². The number of ether oxygens (including phenoxy) is 1. The van der Waals surface area contributed by atoms with Crippen molar-refractivity contribution in [2.75, 3.05) is 6.61 Å². The maximum Gasteiger partial charge on any atom is 0.338 e. The van der Waals surface area contributed by atoms with Crippen LogP contribution in [-0.2, 0) is 9.53 Å². The molecule has 1 atom stereocenters. The first-order valence-corrected chi connectivity index (χ1v) is 13.8. The molecule has 0 bridgehead atoms. The molecule has 6 nitrogen and oxygen atoms in total. The van der Waals surface area contributed by atoms with E-state index in [1.807, 2.05) is 60.7 Å². The van der Waals surface area contributed by atoms with Gasteiger partial charge in [0.1, 0.15) is 5.75 Å². The zero-order valence-electron chi connectivity index (χ0n) is 19.5. The lowest BCUT2D eigenvalue weighted by atomic mass is 9.93. The Bertz CT molecular complexity index is 1710. The molecule has 37 heavy (non-hydrogen) atoms. The topological polar surface area (TPSA) is 80.9 Å². The molecule has 1 N–H and O–H groups in total. The van der Waals surface area contributed by atoms with Gasteiger partial charge in [-0.3, -0.25) is 9.36 Å². The lowest BCUT2D eigenvalue weighted by Gasteiger charge is -2.25. The lowest BCUT2D eigenvalue weighted by molar-refractivity contribution is -0.138. The normalized spacial score (nSPS) is 15.3. The largest absolute Gasteiger partial charge is 0.506 e. The van der Waals surface area contributed by atoms with E-state index in [9.17, 15) is 14.7 Å². The van der Waals surface area contributed by atoms with E-state index in [1.165, 1.54) is 15.9 Å². The van der Waals surface area contributed by atoms with Crippen molar-refractivity contribution >= 4 is 60.9 Å². The molecule has 4 aromatic rings. The van der Waals surface area contributed by atoms with E-state index in [0.717, 1.165) is 15.6 Å². The number of nitrogens with zero attached hydrogens (tertiary/aromatic N) is 2. The zero-order chi connectivity index (χ0) is 26.1. The highest BCUT2D eigenvalue weighted by Crippen LogP contribution is 2.35. The minimum Gasteiger partial charge on any atom is -0.506 e. The number of benzene rings is 3. The van der Waals surface area contributed by atoms with Crippen molar-refractivity contribution < 1.29 is 14.6 Å². The second kappa shape index (κ2) is 10.6. The fourth-order valence-electron chi connectivity index (χ4n) is 4.23. The van der Waals surface area contributed by atoms with E-state index >= 15 is 0 Å². The second-order valence-corrected chi connectivity index (χ2v) is 10.9. The Morgan fingerprint density at radius 1 is 1.11 bits per heavy atom. The summed E-state index contributed by atoms with van der Waals surface area (Å²) in [6.07, 6.45) is 1.63. The van der Waals surface area contributed by atoms with E-state index in [0.29, 0.717) is 30.6 Å². The molecule has 2 heterocycles. The molecule has 0 amide bonds. The SMILES string of the molecule is CCOC(=O)C1=C(c2ccccc2)N=c2s/c(=C\c3cc(Br)cc(Br)c3O)c(=O)n2[C@H]1c1ccccc1. The van der Waals surface area contributed by atoms with Gasteiger partial charge in [0.2, 0.25) is 0 Å². The molecule has 0 unspecified atom stereocenters. The summed E-state index contributed by atoms with van der Waals surface area (Å²) in [5.41, 5.74) is 2.42. The average molecular weight is 640 g/mol. The van der Waals surface area contributed by atoms with Gasteiger partial charge in [-0.05, 0) is 46.6 Å². The predicted octanol–water partition coefficient (Wildman–Crippen LogP) is 5.17. The Kier molecular flexibility index (Phi) is 7.28. The maximum atomic E-state index is 13.9. The molecule has 186 valence electrons. The highest BCUT2D eigenvalue weighted by Gasteiger charge is 2.35. The number of carbonyl (C=O) groups excluding carboxylic acids is 1. The molecular formula is C28H20Br2N2O4S. The third-order valence-electron chi connectivity index (χ3n) is 5.83. The fourth-order valence-corrected chi connectivity index (χ4v) is 6.48. The molecule has 9 heteroatoms. The number of phenols is 1. The second-order valence-electron chi connectivity index (χ2n) is 8.17. The molecule has 0 spiro atoms. The summed E-state index contributed by atoms with van der Waals surface area (Å²) < 4.78 is 8.62. The summed E-state index contributed by atoms with van der Waals surface area (Å²) in [7, 11) is 0. The van der Waals surface area contributed by atoms with Crippen molar-refractivity contribution in [1.29, 1.82) is 0 Å². The Balaban J connectivity index is 1.84. The van der Waals surface area contributed by atoms with Crippen LogP contribution >= 0.6 is 43.2 Å². The van der Waals surface area contributed by atoms with Gasteiger partial charge in [-0.25, -0.2) is 9.79 Å². The number of esters is 1. The zero-order valence-corrected chi connectivity index (χ0v) is 23.5. The highest BCUT2D eigenvalue weighted by molar-refractivity contribution is 9.11. The Labute approximate surface area is 233 Å². The Morgan fingerprint density at radius 3 is 2.46 bits per heavy atom. The van der Waals surface area contributed by atoms with Crippen LogP contribution in [0.2, 0.25) is 0 Å². The fraction of sp³-hybridized carbons (Fsp3) is 0.107. The summed E-state index contributed by atoms with van der Waals surface area (Å²) in [4.78, 5) is 32.5. The number of halogens is 2. The molecular weight excluding hydrogens is 620 g/mol. The maximum absolute atomic E-state index is 13.9.